The van der Waals surface area contributed by atoms with Gasteiger partial charge in [-0.05, 0) is 46.8 Å². The average molecular weight is 372 g/mol. The van der Waals surface area contributed by atoms with Gasteiger partial charge in [-0.2, -0.15) is 0 Å². The van der Waals surface area contributed by atoms with Crippen LogP contribution in [0.5, 0.6) is 0 Å². The first-order valence-electron chi connectivity index (χ1n) is 7.43. The lowest BCUT2D eigenvalue weighted by Gasteiger charge is -2.30. The molecule has 0 bridgehead atoms. The van der Waals surface area contributed by atoms with Crippen LogP contribution in [0.2, 0.25) is 0 Å². The minimum atomic E-state index is -0.578. The second-order valence-electron chi connectivity index (χ2n) is 5.81. The predicted octanol–water partition coefficient (Wildman–Crippen LogP) is 2.82. The normalized spacial score (nSPS) is 19.3. The molecule has 1 aromatic heterocycles. The molecule has 2 amide bonds. The second-order valence-corrected chi connectivity index (χ2v) is 6.66. The maximum atomic E-state index is 12.9. The first-order chi connectivity index (χ1) is 10.4. The number of aromatic amines is 1. The van der Waals surface area contributed by atoms with Crippen molar-refractivity contribution in [1.82, 2.24) is 15.2 Å². The van der Waals surface area contributed by atoms with E-state index in [2.05, 4.69) is 31.0 Å². The van der Waals surface area contributed by atoms with E-state index in [0.717, 1.165) is 23.1 Å². The van der Waals surface area contributed by atoms with Crippen molar-refractivity contribution in [3.05, 3.63) is 22.4 Å². The summed E-state index contributed by atoms with van der Waals surface area (Å²) >= 11 is 3.40. The minimum Gasteiger partial charge on any atom is -0.453 e. The van der Waals surface area contributed by atoms with Crippen molar-refractivity contribution < 1.29 is 14.3 Å². The average Bonchev–Trinajstić information content (AvgIpc) is 3.11. The van der Waals surface area contributed by atoms with Gasteiger partial charge < -0.3 is 19.9 Å². The maximum absolute atomic E-state index is 12.9. The molecule has 0 spiro atoms. The zero-order valence-electron chi connectivity index (χ0n) is 13.1. The third-order valence-electron chi connectivity index (χ3n) is 3.96. The van der Waals surface area contributed by atoms with Gasteiger partial charge in [0.2, 0.25) is 5.91 Å². The van der Waals surface area contributed by atoms with Gasteiger partial charge in [-0.1, -0.05) is 13.8 Å². The summed E-state index contributed by atoms with van der Waals surface area (Å²) in [5.74, 6) is -0.0724. The Morgan fingerprint density at radius 1 is 1.45 bits per heavy atom. The molecule has 7 heteroatoms. The van der Waals surface area contributed by atoms with Gasteiger partial charge in [0.15, 0.2) is 0 Å². The molecule has 122 valence electrons. The fourth-order valence-electron chi connectivity index (χ4n) is 2.81. The summed E-state index contributed by atoms with van der Waals surface area (Å²) in [5, 5.41) is 2.65. The molecule has 0 unspecified atom stereocenters. The first-order valence-corrected chi connectivity index (χ1v) is 8.22. The highest BCUT2D eigenvalue weighted by molar-refractivity contribution is 9.10. The second kappa shape index (κ2) is 7.17. The molecule has 2 heterocycles. The van der Waals surface area contributed by atoms with Gasteiger partial charge in [0.1, 0.15) is 6.04 Å². The van der Waals surface area contributed by atoms with Crippen LogP contribution in [-0.2, 0) is 9.53 Å². The minimum absolute atomic E-state index is 0.0109. The van der Waals surface area contributed by atoms with E-state index in [4.69, 9.17) is 0 Å². The van der Waals surface area contributed by atoms with Crippen molar-refractivity contribution >= 4 is 27.9 Å². The summed E-state index contributed by atoms with van der Waals surface area (Å²) in [5.41, 5.74) is 1.01. The molecule has 0 radical (unpaired) electrons. The number of nitrogens with zero attached hydrogens (tertiary/aromatic N) is 1. The number of amides is 2. The lowest BCUT2D eigenvalue weighted by Crippen LogP contribution is -2.51. The highest BCUT2D eigenvalue weighted by Crippen LogP contribution is 2.33. The molecule has 6 nitrogen and oxygen atoms in total. The number of nitrogens with one attached hydrogen (secondary N) is 2. The fraction of sp³-hybridized carbons (Fsp3) is 0.600. The van der Waals surface area contributed by atoms with Crippen LogP contribution < -0.4 is 5.32 Å². The Bertz CT molecular complexity index is 544. The number of H-pyrrole nitrogens is 1. The van der Waals surface area contributed by atoms with Crippen LogP contribution in [0.3, 0.4) is 0 Å². The molecule has 1 saturated heterocycles. The van der Waals surface area contributed by atoms with E-state index in [1.165, 1.54) is 7.11 Å². The van der Waals surface area contributed by atoms with Crippen LogP contribution >= 0.6 is 15.9 Å². The molecular weight excluding hydrogens is 350 g/mol. The Hall–Kier alpha value is -1.50. The van der Waals surface area contributed by atoms with Crippen molar-refractivity contribution in [1.29, 1.82) is 0 Å². The van der Waals surface area contributed by atoms with Crippen LogP contribution in [0, 0.1) is 5.92 Å². The number of hydrogen-bond acceptors (Lipinski definition) is 3. The largest absolute Gasteiger partial charge is 0.453 e. The fourth-order valence-corrected chi connectivity index (χ4v) is 3.17. The molecule has 2 atom stereocenters. The van der Waals surface area contributed by atoms with Crippen LogP contribution in [0.15, 0.2) is 16.7 Å². The van der Waals surface area contributed by atoms with Gasteiger partial charge in [0.05, 0.1) is 17.8 Å². The number of ether oxygens (including phenoxy) is 1. The molecule has 2 rings (SSSR count). The number of carbonyl (C=O) groups is 2. The molecule has 1 fully saturated rings. The van der Waals surface area contributed by atoms with Crippen LogP contribution in [-0.4, -0.2) is 41.6 Å². The Labute approximate surface area is 138 Å². The molecule has 0 saturated carbocycles. The van der Waals surface area contributed by atoms with Gasteiger partial charge in [-0.25, -0.2) is 4.79 Å². The van der Waals surface area contributed by atoms with E-state index in [1.807, 2.05) is 30.9 Å². The zero-order chi connectivity index (χ0) is 16.3. The summed E-state index contributed by atoms with van der Waals surface area (Å²) in [6.45, 7) is 4.52. The number of methoxy groups -OCH3 is 1. The molecule has 2 N–H and O–H groups in total. The van der Waals surface area contributed by atoms with Crippen molar-refractivity contribution in [2.75, 3.05) is 13.7 Å². The Kier molecular flexibility index (Phi) is 5.50. The Morgan fingerprint density at radius 3 is 2.73 bits per heavy atom. The van der Waals surface area contributed by atoms with Crippen molar-refractivity contribution in [2.45, 2.75) is 38.8 Å². The van der Waals surface area contributed by atoms with E-state index in [9.17, 15) is 9.59 Å². The number of halogens is 1. The number of hydrogen-bond donors (Lipinski definition) is 2. The molecule has 1 aromatic rings. The van der Waals surface area contributed by atoms with Crippen LogP contribution in [0.4, 0.5) is 4.79 Å². The summed E-state index contributed by atoms with van der Waals surface area (Å²) in [7, 11) is 1.30. The number of rotatable bonds is 4. The highest BCUT2D eigenvalue weighted by atomic mass is 79.9. The number of aromatic nitrogens is 1. The Morgan fingerprint density at radius 2 is 2.18 bits per heavy atom. The maximum Gasteiger partial charge on any atom is 0.407 e. The number of alkyl carbamates (subject to hydrolysis) is 1. The third-order valence-corrected chi connectivity index (χ3v) is 4.42. The third kappa shape index (κ3) is 3.63. The van der Waals surface area contributed by atoms with E-state index in [-0.39, 0.29) is 17.9 Å². The molecule has 1 aliphatic rings. The van der Waals surface area contributed by atoms with Crippen LogP contribution in [0.1, 0.15) is 38.4 Å². The van der Waals surface area contributed by atoms with Gasteiger partial charge in [0, 0.05) is 12.2 Å². The van der Waals surface area contributed by atoms with Gasteiger partial charge in [-0.3, -0.25) is 4.79 Å². The zero-order valence-corrected chi connectivity index (χ0v) is 14.6. The lowest BCUT2D eigenvalue weighted by atomic mass is 10.0. The monoisotopic (exact) mass is 371 g/mol. The summed E-state index contributed by atoms with van der Waals surface area (Å²) in [6.07, 6.45) is 1.29. The van der Waals surface area contributed by atoms with Crippen molar-refractivity contribution in [3.63, 3.8) is 0 Å². The highest BCUT2D eigenvalue weighted by Gasteiger charge is 2.36. The Balaban J connectivity index is 2.16. The van der Waals surface area contributed by atoms with Crippen molar-refractivity contribution in [3.8, 4) is 0 Å². The topological polar surface area (TPSA) is 74.4 Å². The standard InChI is InChI=1S/C15H22BrN3O3/c1-9(2)13(18-15(21)22-3)14(20)19-8-4-5-11(19)10-6-7-12(16)17-10/h6-7,9,11,13,17H,4-5,8H2,1-3H3,(H,18,21)/t11-,13-/m0/s1. The van der Waals surface area contributed by atoms with Gasteiger partial charge >= 0.3 is 6.09 Å². The quantitative estimate of drug-likeness (QED) is 0.854. The van der Waals surface area contributed by atoms with Gasteiger partial charge in [-0.15, -0.1) is 0 Å². The first kappa shape index (κ1) is 16.9. The summed E-state index contributed by atoms with van der Waals surface area (Å²) in [6, 6.07) is 3.37. The SMILES string of the molecule is COC(=O)N[C@H](C(=O)N1CCC[C@H]1c1ccc(Br)[nH]1)C(C)C. The van der Waals surface area contributed by atoms with Crippen molar-refractivity contribution in [2.24, 2.45) is 5.92 Å². The molecule has 0 aromatic carbocycles. The van der Waals surface area contributed by atoms with E-state index in [0.29, 0.717) is 6.54 Å². The summed E-state index contributed by atoms with van der Waals surface area (Å²) < 4.78 is 5.52. The molecule has 22 heavy (non-hydrogen) atoms. The molecule has 1 aliphatic heterocycles. The molecule has 0 aliphatic carbocycles. The van der Waals surface area contributed by atoms with Gasteiger partial charge in [0.25, 0.3) is 0 Å². The lowest BCUT2D eigenvalue weighted by molar-refractivity contribution is -0.135. The predicted molar refractivity (Wildman–Crippen MR) is 86.3 cm³/mol. The van der Waals surface area contributed by atoms with E-state index < -0.39 is 12.1 Å². The van der Waals surface area contributed by atoms with E-state index >= 15 is 0 Å². The number of likely N-dealkylation sites (tertiary alicyclic amines) is 1. The smallest absolute Gasteiger partial charge is 0.407 e. The van der Waals surface area contributed by atoms with E-state index in [1.54, 1.807) is 0 Å². The molecular formula is C15H22BrN3O3. The van der Waals surface area contributed by atoms with Crippen LogP contribution in [0.25, 0.3) is 0 Å². The summed E-state index contributed by atoms with van der Waals surface area (Å²) in [4.78, 5) is 29.4. The number of carbonyl (C=O) groups excluding carboxylic acids is 2.